The van der Waals surface area contributed by atoms with Crippen molar-refractivity contribution >= 4 is 0 Å². The molecule has 0 aromatic carbocycles. The second-order valence-corrected chi connectivity index (χ2v) is 5.05. The van der Waals surface area contributed by atoms with E-state index in [0.717, 1.165) is 12.5 Å². The highest BCUT2D eigenvalue weighted by Crippen LogP contribution is 2.20. The van der Waals surface area contributed by atoms with E-state index >= 15 is 0 Å². The van der Waals surface area contributed by atoms with Crippen LogP contribution in [0.3, 0.4) is 0 Å². The molecule has 0 spiro atoms. The summed E-state index contributed by atoms with van der Waals surface area (Å²) in [6.45, 7) is 7.91. The minimum absolute atomic E-state index is 0.621. The number of rotatable bonds is 6. The second-order valence-electron chi connectivity index (χ2n) is 5.05. The quantitative estimate of drug-likeness (QED) is 0.749. The lowest BCUT2D eigenvalue weighted by Gasteiger charge is -2.41. The van der Waals surface area contributed by atoms with Crippen molar-refractivity contribution in [2.75, 3.05) is 33.9 Å². The first-order valence-corrected chi connectivity index (χ1v) is 6.63. The monoisotopic (exact) mass is 228 g/mol. The summed E-state index contributed by atoms with van der Waals surface area (Å²) in [5.41, 5.74) is 0. The van der Waals surface area contributed by atoms with Crippen molar-refractivity contribution in [3.63, 3.8) is 0 Å². The van der Waals surface area contributed by atoms with Gasteiger partial charge in [0.05, 0.1) is 6.61 Å². The Kier molecular flexibility index (Phi) is 6.32. The number of hydrogen-bond donors (Lipinski definition) is 1. The molecular formula is C13H28N2O. The summed E-state index contributed by atoms with van der Waals surface area (Å²) >= 11 is 0. The molecule has 3 nitrogen and oxygen atoms in total. The zero-order valence-corrected chi connectivity index (χ0v) is 11.3. The molecule has 0 aliphatic carbocycles. The Balaban J connectivity index is 2.46. The summed E-state index contributed by atoms with van der Waals surface area (Å²) < 4.78 is 5.34. The zero-order valence-electron chi connectivity index (χ0n) is 11.3. The molecule has 96 valence electrons. The van der Waals surface area contributed by atoms with E-state index in [2.05, 4.69) is 31.1 Å². The van der Waals surface area contributed by atoms with Gasteiger partial charge in [-0.05, 0) is 25.8 Å². The van der Waals surface area contributed by atoms with E-state index in [1.165, 1.54) is 32.4 Å². The number of hydrogen-bond acceptors (Lipinski definition) is 3. The van der Waals surface area contributed by atoms with E-state index in [4.69, 9.17) is 4.74 Å². The predicted octanol–water partition coefficient (Wildman–Crippen LogP) is 1.73. The SMILES string of the molecule is CCCC(COC)N1CCC(NC)C(C)C1. The Hall–Kier alpha value is -0.120. The van der Waals surface area contributed by atoms with Gasteiger partial charge in [0.25, 0.3) is 0 Å². The van der Waals surface area contributed by atoms with E-state index in [1.54, 1.807) is 0 Å². The first kappa shape index (κ1) is 13.9. The van der Waals surface area contributed by atoms with Crippen molar-refractivity contribution in [1.82, 2.24) is 10.2 Å². The molecule has 0 aromatic heterocycles. The number of ether oxygens (including phenoxy) is 1. The van der Waals surface area contributed by atoms with Crippen LogP contribution in [-0.2, 0) is 4.74 Å². The third-order valence-electron chi connectivity index (χ3n) is 3.80. The summed E-state index contributed by atoms with van der Waals surface area (Å²) in [6, 6.07) is 1.32. The van der Waals surface area contributed by atoms with Gasteiger partial charge < -0.3 is 10.1 Å². The number of piperidine rings is 1. The van der Waals surface area contributed by atoms with Crippen LogP contribution >= 0.6 is 0 Å². The van der Waals surface area contributed by atoms with Crippen molar-refractivity contribution in [2.45, 2.75) is 45.2 Å². The molecule has 0 aromatic rings. The summed E-state index contributed by atoms with van der Waals surface area (Å²) in [6.07, 6.45) is 3.76. The van der Waals surface area contributed by atoms with Crippen LogP contribution in [0.15, 0.2) is 0 Å². The van der Waals surface area contributed by atoms with Crippen molar-refractivity contribution in [2.24, 2.45) is 5.92 Å². The van der Waals surface area contributed by atoms with Crippen LogP contribution in [0.25, 0.3) is 0 Å². The Morgan fingerprint density at radius 1 is 1.50 bits per heavy atom. The first-order valence-electron chi connectivity index (χ1n) is 6.63. The van der Waals surface area contributed by atoms with Gasteiger partial charge in [-0.15, -0.1) is 0 Å². The standard InChI is InChI=1S/C13H28N2O/c1-5-6-12(10-16-4)15-8-7-13(14-3)11(2)9-15/h11-14H,5-10H2,1-4H3. The number of nitrogens with zero attached hydrogens (tertiary/aromatic N) is 1. The first-order chi connectivity index (χ1) is 7.72. The summed E-state index contributed by atoms with van der Waals surface area (Å²) in [5.74, 6) is 0.745. The molecule has 1 saturated heterocycles. The molecule has 1 N–H and O–H groups in total. The number of nitrogens with one attached hydrogen (secondary N) is 1. The zero-order chi connectivity index (χ0) is 12.0. The molecule has 1 fully saturated rings. The summed E-state index contributed by atoms with van der Waals surface area (Å²) in [5, 5.41) is 3.42. The van der Waals surface area contributed by atoms with Crippen LogP contribution in [-0.4, -0.2) is 50.8 Å². The van der Waals surface area contributed by atoms with Crippen LogP contribution in [0.1, 0.15) is 33.1 Å². The van der Waals surface area contributed by atoms with Crippen molar-refractivity contribution in [3.8, 4) is 0 Å². The lowest BCUT2D eigenvalue weighted by Crippen LogP contribution is -2.51. The normalized spacial score (nSPS) is 29.2. The molecule has 0 bridgehead atoms. The molecule has 0 saturated carbocycles. The van der Waals surface area contributed by atoms with Gasteiger partial charge in [-0.3, -0.25) is 4.90 Å². The lowest BCUT2D eigenvalue weighted by molar-refractivity contribution is 0.0477. The molecule has 1 aliphatic heterocycles. The third kappa shape index (κ3) is 3.72. The third-order valence-corrected chi connectivity index (χ3v) is 3.80. The maximum absolute atomic E-state index is 5.34. The van der Waals surface area contributed by atoms with E-state index < -0.39 is 0 Å². The Labute approximate surface area is 101 Å². The van der Waals surface area contributed by atoms with Crippen molar-refractivity contribution in [3.05, 3.63) is 0 Å². The molecule has 1 aliphatic rings. The van der Waals surface area contributed by atoms with Crippen LogP contribution in [0.2, 0.25) is 0 Å². The minimum atomic E-state index is 0.621. The number of methoxy groups -OCH3 is 1. The van der Waals surface area contributed by atoms with Crippen molar-refractivity contribution in [1.29, 1.82) is 0 Å². The summed E-state index contributed by atoms with van der Waals surface area (Å²) in [4.78, 5) is 2.62. The van der Waals surface area contributed by atoms with Gasteiger partial charge in [-0.25, -0.2) is 0 Å². The Bertz CT molecular complexity index is 181. The second kappa shape index (κ2) is 7.25. The van der Waals surface area contributed by atoms with Gasteiger partial charge in [0.2, 0.25) is 0 Å². The van der Waals surface area contributed by atoms with Gasteiger partial charge >= 0.3 is 0 Å². The van der Waals surface area contributed by atoms with E-state index in [9.17, 15) is 0 Å². The van der Waals surface area contributed by atoms with E-state index in [-0.39, 0.29) is 0 Å². The Morgan fingerprint density at radius 2 is 2.25 bits per heavy atom. The van der Waals surface area contributed by atoms with Gasteiger partial charge in [-0.1, -0.05) is 20.3 Å². The molecule has 16 heavy (non-hydrogen) atoms. The molecule has 1 heterocycles. The minimum Gasteiger partial charge on any atom is -0.383 e. The summed E-state index contributed by atoms with van der Waals surface area (Å²) in [7, 11) is 3.89. The van der Waals surface area contributed by atoms with Crippen LogP contribution in [0, 0.1) is 5.92 Å². The molecular weight excluding hydrogens is 200 g/mol. The fraction of sp³-hybridized carbons (Fsp3) is 1.00. The molecule has 0 amide bonds. The molecule has 3 heteroatoms. The maximum Gasteiger partial charge on any atom is 0.0618 e. The van der Waals surface area contributed by atoms with Gasteiger partial charge in [-0.2, -0.15) is 0 Å². The average Bonchev–Trinajstić information content (AvgIpc) is 2.28. The fourth-order valence-corrected chi connectivity index (χ4v) is 2.84. The smallest absolute Gasteiger partial charge is 0.0618 e. The highest BCUT2D eigenvalue weighted by Gasteiger charge is 2.28. The highest BCUT2D eigenvalue weighted by atomic mass is 16.5. The predicted molar refractivity (Wildman–Crippen MR) is 68.8 cm³/mol. The van der Waals surface area contributed by atoms with Gasteiger partial charge in [0.15, 0.2) is 0 Å². The van der Waals surface area contributed by atoms with Gasteiger partial charge in [0, 0.05) is 32.3 Å². The maximum atomic E-state index is 5.34. The van der Waals surface area contributed by atoms with E-state index in [0.29, 0.717) is 12.1 Å². The molecule has 1 rings (SSSR count). The van der Waals surface area contributed by atoms with Crippen molar-refractivity contribution < 1.29 is 4.74 Å². The van der Waals surface area contributed by atoms with Crippen LogP contribution in [0.4, 0.5) is 0 Å². The lowest BCUT2D eigenvalue weighted by atomic mass is 9.92. The van der Waals surface area contributed by atoms with E-state index in [1.807, 2.05) is 7.11 Å². The molecule has 3 unspecified atom stereocenters. The Morgan fingerprint density at radius 3 is 2.75 bits per heavy atom. The average molecular weight is 228 g/mol. The fourth-order valence-electron chi connectivity index (χ4n) is 2.84. The number of likely N-dealkylation sites (tertiary alicyclic amines) is 1. The largest absolute Gasteiger partial charge is 0.383 e. The van der Waals surface area contributed by atoms with Gasteiger partial charge in [0.1, 0.15) is 0 Å². The highest BCUT2D eigenvalue weighted by molar-refractivity contribution is 4.85. The topological polar surface area (TPSA) is 24.5 Å². The molecule has 0 radical (unpaired) electrons. The van der Waals surface area contributed by atoms with Crippen LogP contribution < -0.4 is 5.32 Å². The van der Waals surface area contributed by atoms with Crippen LogP contribution in [0.5, 0.6) is 0 Å². The molecule has 3 atom stereocenters.